The van der Waals surface area contributed by atoms with Gasteiger partial charge in [-0.1, -0.05) is 6.58 Å². The molecule has 0 saturated carbocycles. The molecule has 0 aromatic carbocycles. The Kier molecular flexibility index (Phi) is 3.12. The molecule has 0 amide bonds. The lowest BCUT2D eigenvalue weighted by Crippen LogP contribution is -2.41. The summed E-state index contributed by atoms with van der Waals surface area (Å²) in [5.41, 5.74) is 6.18. The number of nitrogens with two attached hydrogens (primary N) is 1. The number of rotatable bonds is 2. The molecule has 3 heterocycles. The van der Waals surface area contributed by atoms with Crippen molar-refractivity contribution in [3.63, 3.8) is 0 Å². The van der Waals surface area contributed by atoms with Gasteiger partial charge in [0.2, 0.25) is 0 Å². The minimum Gasteiger partial charge on any atom is -0.366 e. The molecule has 1 aromatic rings. The van der Waals surface area contributed by atoms with Crippen LogP contribution < -0.4 is 15.5 Å². The monoisotopic (exact) mass is 298 g/mol. The summed E-state index contributed by atoms with van der Waals surface area (Å²) in [7, 11) is 1.93. The Morgan fingerprint density at radius 1 is 1.48 bits per heavy atom. The maximum atomic E-state index is 12.7. The van der Waals surface area contributed by atoms with E-state index in [9.17, 15) is 13.2 Å². The van der Waals surface area contributed by atoms with E-state index in [1.807, 2.05) is 18.0 Å². The lowest BCUT2D eigenvalue weighted by Gasteiger charge is -2.35. The smallest absolute Gasteiger partial charge is 0.366 e. The van der Waals surface area contributed by atoms with Gasteiger partial charge in [-0.3, -0.25) is 0 Å². The van der Waals surface area contributed by atoms with Gasteiger partial charge in [-0.2, -0.15) is 13.2 Å². The Morgan fingerprint density at radius 3 is 2.86 bits per heavy atom. The summed E-state index contributed by atoms with van der Waals surface area (Å²) < 4.78 is 38.1. The largest absolute Gasteiger partial charge is 0.407 e. The van der Waals surface area contributed by atoms with E-state index >= 15 is 0 Å². The summed E-state index contributed by atoms with van der Waals surface area (Å²) in [5, 5.41) is 0. The Balaban J connectivity index is 1.95. The molecule has 1 fully saturated rings. The highest BCUT2D eigenvalue weighted by atomic mass is 19.4. The topological polar surface area (TPSA) is 45.4 Å². The van der Waals surface area contributed by atoms with Gasteiger partial charge in [0.15, 0.2) is 5.82 Å². The Morgan fingerprint density at radius 2 is 2.19 bits per heavy atom. The van der Waals surface area contributed by atoms with E-state index < -0.39 is 12.2 Å². The quantitative estimate of drug-likeness (QED) is 0.907. The molecule has 2 aliphatic heterocycles. The molecule has 4 nitrogen and oxygen atoms in total. The highest BCUT2D eigenvalue weighted by molar-refractivity contribution is 5.75. The third-order valence-corrected chi connectivity index (χ3v) is 4.30. The summed E-state index contributed by atoms with van der Waals surface area (Å²) in [6.45, 7) is 5.37. The van der Waals surface area contributed by atoms with E-state index in [-0.39, 0.29) is 11.3 Å². The lowest BCUT2D eigenvalue weighted by atomic mass is 10.0. The van der Waals surface area contributed by atoms with E-state index in [0.29, 0.717) is 11.9 Å². The van der Waals surface area contributed by atoms with Crippen LogP contribution in [0.3, 0.4) is 0 Å². The zero-order valence-corrected chi connectivity index (χ0v) is 11.7. The highest BCUT2D eigenvalue weighted by Crippen LogP contribution is 2.39. The fourth-order valence-electron chi connectivity index (χ4n) is 2.93. The van der Waals surface area contributed by atoms with Crippen LogP contribution in [0, 0.1) is 0 Å². The van der Waals surface area contributed by atoms with E-state index in [4.69, 9.17) is 5.73 Å². The van der Waals surface area contributed by atoms with Crippen LogP contribution in [-0.4, -0.2) is 43.4 Å². The van der Waals surface area contributed by atoms with E-state index in [2.05, 4.69) is 16.5 Å². The first kappa shape index (κ1) is 14.2. The highest BCUT2D eigenvalue weighted by Gasteiger charge is 2.40. The number of halogens is 3. The molecule has 2 N–H and O–H groups in total. The number of aromatic nitrogens is 1. The second kappa shape index (κ2) is 4.62. The summed E-state index contributed by atoms with van der Waals surface area (Å²) in [6, 6.07) is 1.65. The van der Waals surface area contributed by atoms with Crippen LogP contribution in [0.1, 0.15) is 12.1 Å². The van der Waals surface area contributed by atoms with Crippen LogP contribution in [-0.2, 0) is 0 Å². The first-order valence-corrected chi connectivity index (χ1v) is 6.79. The molecule has 1 aromatic heterocycles. The summed E-state index contributed by atoms with van der Waals surface area (Å²) in [5.74, 6) is 0.705. The van der Waals surface area contributed by atoms with Crippen LogP contribution in [0.25, 0.3) is 5.57 Å². The fourth-order valence-corrected chi connectivity index (χ4v) is 2.93. The molecule has 2 atom stereocenters. The number of anilines is 2. The van der Waals surface area contributed by atoms with Gasteiger partial charge in [-0.25, -0.2) is 4.98 Å². The molecule has 3 rings (SSSR count). The van der Waals surface area contributed by atoms with Crippen molar-refractivity contribution in [1.82, 2.24) is 4.98 Å². The molecule has 0 radical (unpaired) electrons. The first-order valence-electron chi connectivity index (χ1n) is 6.79. The molecule has 0 aliphatic carbocycles. The van der Waals surface area contributed by atoms with Crippen molar-refractivity contribution in [2.75, 3.05) is 29.9 Å². The molecule has 7 heteroatoms. The molecule has 21 heavy (non-hydrogen) atoms. The van der Waals surface area contributed by atoms with Gasteiger partial charge in [-0.15, -0.1) is 0 Å². The predicted molar refractivity (Wildman–Crippen MR) is 76.3 cm³/mol. The van der Waals surface area contributed by atoms with Crippen LogP contribution in [0.15, 0.2) is 18.7 Å². The lowest BCUT2D eigenvalue weighted by molar-refractivity contribution is -0.134. The number of hydrogen-bond donors (Lipinski definition) is 1. The first-order chi connectivity index (χ1) is 9.79. The molecular formula is C14H17F3N4. The van der Waals surface area contributed by atoms with Gasteiger partial charge >= 0.3 is 6.18 Å². The van der Waals surface area contributed by atoms with Crippen LogP contribution in [0.2, 0.25) is 0 Å². The third-order valence-electron chi connectivity index (χ3n) is 4.30. The zero-order chi connectivity index (χ0) is 15.4. The normalized spacial score (nSPS) is 22.2. The standard InChI is InChI=1S/C14H17F3N4/c1-8(12(18)14(15,16)17)10-3-4-11-13(19-10)20(2)9-5-6-21(11)7-9/h3-4,9,12H,1,5-7,18H2,2H3/t9-,12?/m0/s1. The molecule has 114 valence electrons. The molecule has 2 bridgehead atoms. The van der Waals surface area contributed by atoms with Crippen LogP contribution in [0.4, 0.5) is 24.7 Å². The number of pyridine rings is 1. The third kappa shape index (κ3) is 2.25. The maximum absolute atomic E-state index is 12.7. The van der Waals surface area contributed by atoms with Gasteiger partial charge in [0.25, 0.3) is 0 Å². The Bertz CT molecular complexity index is 584. The minimum atomic E-state index is -4.51. The molecule has 1 saturated heterocycles. The van der Waals surface area contributed by atoms with Gasteiger partial charge in [-0.05, 0) is 24.1 Å². The van der Waals surface area contributed by atoms with Gasteiger partial charge < -0.3 is 15.5 Å². The van der Waals surface area contributed by atoms with E-state index in [0.717, 1.165) is 25.2 Å². The van der Waals surface area contributed by atoms with Crippen LogP contribution >= 0.6 is 0 Å². The van der Waals surface area contributed by atoms with Gasteiger partial charge in [0, 0.05) is 26.2 Å². The number of likely N-dealkylation sites (N-methyl/N-ethyl adjacent to an activating group) is 1. The number of fused-ring (bicyclic) bond motifs is 4. The average molecular weight is 298 g/mol. The van der Waals surface area contributed by atoms with Crippen molar-refractivity contribution in [2.45, 2.75) is 24.7 Å². The number of nitrogens with zero attached hydrogens (tertiary/aromatic N) is 3. The molecule has 1 unspecified atom stereocenters. The van der Waals surface area contributed by atoms with Crippen molar-refractivity contribution < 1.29 is 13.2 Å². The van der Waals surface area contributed by atoms with Crippen molar-refractivity contribution >= 4 is 17.1 Å². The second-order valence-electron chi connectivity index (χ2n) is 5.58. The molecular weight excluding hydrogens is 281 g/mol. The van der Waals surface area contributed by atoms with Crippen molar-refractivity contribution in [2.24, 2.45) is 5.73 Å². The number of alkyl halides is 3. The number of hydrogen-bond acceptors (Lipinski definition) is 4. The van der Waals surface area contributed by atoms with Gasteiger partial charge in [0.1, 0.15) is 6.04 Å². The van der Waals surface area contributed by atoms with E-state index in [1.165, 1.54) is 0 Å². The molecule has 2 aliphatic rings. The van der Waals surface area contributed by atoms with Gasteiger partial charge in [0.05, 0.1) is 11.4 Å². The minimum absolute atomic E-state index is 0.202. The molecule has 0 spiro atoms. The average Bonchev–Trinajstić information content (AvgIpc) is 2.88. The van der Waals surface area contributed by atoms with E-state index in [1.54, 1.807) is 6.07 Å². The summed E-state index contributed by atoms with van der Waals surface area (Å²) in [4.78, 5) is 8.62. The summed E-state index contributed by atoms with van der Waals surface area (Å²) >= 11 is 0. The second-order valence-corrected chi connectivity index (χ2v) is 5.58. The Labute approximate surface area is 121 Å². The van der Waals surface area contributed by atoms with Crippen LogP contribution in [0.5, 0.6) is 0 Å². The zero-order valence-electron chi connectivity index (χ0n) is 11.7. The SMILES string of the molecule is C=C(c1ccc2c(n1)N(C)[C@H]1CCN2C1)C(N)C(F)(F)F. The summed E-state index contributed by atoms with van der Waals surface area (Å²) in [6.07, 6.45) is -3.48. The van der Waals surface area contributed by atoms with Crippen molar-refractivity contribution in [1.29, 1.82) is 0 Å². The van der Waals surface area contributed by atoms with Crippen molar-refractivity contribution in [3.05, 3.63) is 24.4 Å². The Hall–Kier alpha value is -1.76. The predicted octanol–water partition coefficient (Wildman–Crippen LogP) is 2.01. The fraction of sp³-hybridized carbons (Fsp3) is 0.500. The van der Waals surface area contributed by atoms with Crippen molar-refractivity contribution in [3.8, 4) is 0 Å². The maximum Gasteiger partial charge on any atom is 0.407 e.